The molecule has 150 valence electrons. The van der Waals surface area contributed by atoms with E-state index in [1.54, 1.807) is 24.4 Å². The smallest absolute Gasteiger partial charge is 0.416 e. The molecule has 1 aliphatic heterocycles. The number of carbonyl (C=O) groups excluding carboxylic acids is 1. The van der Waals surface area contributed by atoms with E-state index in [2.05, 4.69) is 9.71 Å². The van der Waals surface area contributed by atoms with Gasteiger partial charge in [0.25, 0.3) is 5.91 Å². The number of amides is 1. The summed E-state index contributed by atoms with van der Waals surface area (Å²) in [4.78, 5) is 18.2. The molecule has 0 radical (unpaired) electrons. The third-order valence-electron chi connectivity index (χ3n) is 3.98. The highest BCUT2D eigenvalue weighted by atomic mass is 32.2. The van der Waals surface area contributed by atoms with E-state index in [0.29, 0.717) is 16.9 Å². The van der Waals surface area contributed by atoms with Crippen molar-refractivity contribution >= 4 is 45.7 Å². The standard InChI is InChI=1S/C18H11F4N3O2S2/c19-12-7-10(18(20,21)22)1-3-13(12)25-14-4-2-11(8-15(14)27-9-16(25)26)29-24-17-23-5-6-28-17/h1-8H,9H2,(H,23,24). The second-order valence-corrected chi connectivity index (χ2v) is 7.63. The van der Waals surface area contributed by atoms with Crippen molar-refractivity contribution in [2.75, 3.05) is 16.2 Å². The number of carbonyl (C=O) groups is 1. The second-order valence-electron chi connectivity index (χ2n) is 5.85. The predicted molar refractivity (Wildman–Crippen MR) is 102 cm³/mol. The van der Waals surface area contributed by atoms with Crippen molar-refractivity contribution in [3.8, 4) is 5.75 Å². The normalized spacial score (nSPS) is 13.8. The molecule has 1 amide bonds. The number of fused-ring (bicyclic) bond motifs is 1. The molecule has 4 rings (SSSR count). The lowest BCUT2D eigenvalue weighted by Gasteiger charge is -2.30. The molecule has 0 fully saturated rings. The highest BCUT2D eigenvalue weighted by Crippen LogP contribution is 2.41. The van der Waals surface area contributed by atoms with Crippen LogP contribution in [0.3, 0.4) is 0 Å². The van der Waals surface area contributed by atoms with Crippen molar-refractivity contribution in [2.45, 2.75) is 11.1 Å². The minimum atomic E-state index is -4.68. The fourth-order valence-corrected chi connectivity index (χ4v) is 3.95. The van der Waals surface area contributed by atoms with E-state index in [1.807, 2.05) is 5.38 Å². The summed E-state index contributed by atoms with van der Waals surface area (Å²) in [5.41, 5.74) is -1.15. The first-order valence-corrected chi connectivity index (χ1v) is 9.81. The van der Waals surface area contributed by atoms with E-state index >= 15 is 0 Å². The highest BCUT2D eigenvalue weighted by molar-refractivity contribution is 8.00. The van der Waals surface area contributed by atoms with Gasteiger partial charge in [0.1, 0.15) is 11.6 Å². The minimum absolute atomic E-state index is 0.249. The Morgan fingerprint density at radius 1 is 1.17 bits per heavy atom. The van der Waals surface area contributed by atoms with Crippen LogP contribution in [0.2, 0.25) is 0 Å². The van der Waals surface area contributed by atoms with Gasteiger partial charge in [-0.15, -0.1) is 11.3 Å². The van der Waals surface area contributed by atoms with E-state index in [-0.39, 0.29) is 18.0 Å². The number of aromatic nitrogens is 1. The van der Waals surface area contributed by atoms with Gasteiger partial charge in [0, 0.05) is 16.5 Å². The molecule has 1 aliphatic rings. The molecular weight excluding hydrogens is 430 g/mol. The van der Waals surface area contributed by atoms with Gasteiger partial charge < -0.3 is 9.46 Å². The van der Waals surface area contributed by atoms with Gasteiger partial charge in [0.05, 0.1) is 16.9 Å². The molecule has 1 N–H and O–H groups in total. The summed E-state index contributed by atoms with van der Waals surface area (Å²) in [6.45, 7) is -0.360. The Bertz CT molecular complexity index is 1060. The van der Waals surface area contributed by atoms with E-state index in [9.17, 15) is 22.4 Å². The zero-order valence-electron chi connectivity index (χ0n) is 14.4. The molecule has 0 spiro atoms. The molecule has 29 heavy (non-hydrogen) atoms. The number of alkyl halides is 3. The van der Waals surface area contributed by atoms with Crippen LogP contribution in [0.25, 0.3) is 0 Å². The molecular formula is C18H11F4N3O2S2. The van der Waals surface area contributed by atoms with Crippen LogP contribution in [-0.4, -0.2) is 17.5 Å². The SMILES string of the molecule is O=C1COc2cc(SNc3nccs3)ccc2N1c1ccc(C(F)(F)F)cc1F. The third-order valence-corrected chi connectivity index (χ3v) is 5.58. The number of hydrogen-bond acceptors (Lipinski definition) is 6. The van der Waals surface area contributed by atoms with Crippen LogP contribution in [0.1, 0.15) is 5.56 Å². The Balaban J connectivity index is 1.64. The average molecular weight is 441 g/mol. The first-order chi connectivity index (χ1) is 13.8. The summed E-state index contributed by atoms with van der Waals surface area (Å²) in [5.74, 6) is -1.42. The average Bonchev–Trinajstić information content (AvgIpc) is 3.20. The van der Waals surface area contributed by atoms with E-state index in [1.165, 1.54) is 23.3 Å². The van der Waals surface area contributed by atoms with Crippen molar-refractivity contribution in [2.24, 2.45) is 0 Å². The molecule has 3 aromatic rings. The Kier molecular flexibility index (Phi) is 5.09. The topological polar surface area (TPSA) is 54.5 Å². The quantitative estimate of drug-likeness (QED) is 0.429. The monoisotopic (exact) mass is 441 g/mol. The molecule has 0 unspecified atom stereocenters. The lowest BCUT2D eigenvalue weighted by molar-refractivity contribution is -0.137. The van der Waals surface area contributed by atoms with Crippen LogP contribution >= 0.6 is 23.3 Å². The lowest BCUT2D eigenvalue weighted by atomic mass is 10.1. The number of rotatable bonds is 4. The Hall–Kier alpha value is -2.79. The van der Waals surface area contributed by atoms with Crippen molar-refractivity contribution in [1.29, 1.82) is 0 Å². The highest BCUT2D eigenvalue weighted by Gasteiger charge is 2.34. The van der Waals surface area contributed by atoms with Gasteiger partial charge in [-0.1, -0.05) is 0 Å². The number of thiazole rings is 1. The van der Waals surface area contributed by atoms with E-state index in [0.717, 1.165) is 21.9 Å². The van der Waals surface area contributed by atoms with Crippen LogP contribution in [0.5, 0.6) is 5.75 Å². The first-order valence-electron chi connectivity index (χ1n) is 8.12. The number of hydrogen-bond donors (Lipinski definition) is 1. The fraction of sp³-hybridized carbons (Fsp3) is 0.111. The second kappa shape index (κ2) is 7.56. The molecule has 0 bridgehead atoms. The van der Waals surface area contributed by atoms with Crippen LogP contribution in [-0.2, 0) is 11.0 Å². The summed E-state index contributed by atoms with van der Waals surface area (Å²) < 4.78 is 61.3. The predicted octanol–water partition coefficient (Wildman–Crippen LogP) is 5.48. The van der Waals surface area contributed by atoms with Crippen LogP contribution < -0.4 is 14.4 Å². The van der Waals surface area contributed by atoms with Gasteiger partial charge in [-0.25, -0.2) is 9.37 Å². The zero-order chi connectivity index (χ0) is 20.6. The van der Waals surface area contributed by atoms with Gasteiger partial charge >= 0.3 is 6.18 Å². The number of nitrogens with one attached hydrogen (secondary N) is 1. The lowest BCUT2D eigenvalue weighted by Crippen LogP contribution is -2.35. The number of nitrogens with zero attached hydrogens (tertiary/aromatic N) is 2. The maximum absolute atomic E-state index is 14.4. The molecule has 0 atom stereocenters. The summed E-state index contributed by atoms with van der Waals surface area (Å²) in [5, 5.41) is 2.53. The molecule has 2 heterocycles. The Morgan fingerprint density at radius 2 is 1.97 bits per heavy atom. The van der Waals surface area contributed by atoms with Gasteiger partial charge in [0.2, 0.25) is 0 Å². The van der Waals surface area contributed by atoms with Crippen LogP contribution in [0, 0.1) is 5.82 Å². The van der Waals surface area contributed by atoms with Gasteiger partial charge in [-0.3, -0.25) is 9.69 Å². The number of ether oxygens (including phenoxy) is 1. The number of anilines is 3. The Labute approximate surface area is 170 Å². The summed E-state index contributed by atoms with van der Waals surface area (Å²) in [6, 6.07) is 6.94. The van der Waals surface area contributed by atoms with Crippen molar-refractivity contribution in [3.63, 3.8) is 0 Å². The number of halogens is 4. The first kappa shape index (κ1) is 19.5. The van der Waals surface area contributed by atoms with Gasteiger partial charge in [-0.05, 0) is 48.3 Å². The third kappa shape index (κ3) is 4.01. The van der Waals surface area contributed by atoms with E-state index in [4.69, 9.17) is 4.74 Å². The maximum atomic E-state index is 14.4. The van der Waals surface area contributed by atoms with Gasteiger partial charge in [-0.2, -0.15) is 13.2 Å². The molecule has 2 aromatic carbocycles. The summed E-state index contributed by atoms with van der Waals surface area (Å²) in [7, 11) is 0. The van der Waals surface area contributed by atoms with Crippen LogP contribution in [0.4, 0.5) is 34.1 Å². The van der Waals surface area contributed by atoms with Crippen molar-refractivity contribution in [3.05, 3.63) is 59.4 Å². The summed E-state index contributed by atoms with van der Waals surface area (Å²) in [6.07, 6.45) is -3.02. The fourth-order valence-electron chi connectivity index (χ4n) is 2.70. The molecule has 0 aliphatic carbocycles. The van der Waals surface area contributed by atoms with E-state index < -0.39 is 23.5 Å². The molecule has 5 nitrogen and oxygen atoms in total. The summed E-state index contributed by atoms with van der Waals surface area (Å²) >= 11 is 2.70. The van der Waals surface area contributed by atoms with Crippen LogP contribution in [0.15, 0.2) is 52.9 Å². The van der Waals surface area contributed by atoms with Crippen molar-refractivity contribution in [1.82, 2.24) is 4.98 Å². The molecule has 0 saturated carbocycles. The van der Waals surface area contributed by atoms with Gasteiger partial charge in [0.15, 0.2) is 11.7 Å². The molecule has 11 heteroatoms. The molecule has 0 saturated heterocycles. The maximum Gasteiger partial charge on any atom is 0.416 e. The zero-order valence-corrected chi connectivity index (χ0v) is 16.0. The molecule has 1 aromatic heterocycles. The number of benzene rings is 2. The largest absolute Gasteiger partial charge is 0.481 e. The Morgan fingerprint density at radius 3 is 2.66 bits per heavy atom. The van der Waals surface area contributed by atoms with Crippen molar-refractivity contribution < 1.29 is 27.1 Å². The minimum Gasteiger partial charge on any atom is -0.481 e.